The van der Waals surface area contributed by atoms with Crippen molar-refractivity contribution in [1.82, 2.24) is 0 Å². The van der Waals surface area contributed by atoms with Crippen LogP contribution in [0.1, 0.15) is 11.1 Å². The van der Waals surface area contributed by atoms with Gasteiger partial charge in [0.25, 0.3) is 0 Å². The van der Waals surface area contributed by atoms with E-state index in [1.54, 1.807) is 0 Å². The third kappa shape index (κ3) is 5.95. The van der Waals surface area contributed by atoms with Crippen LogP contribution in [0.2, 0.25) is 0 Å². The molecule has 4 N–H and O–H groups in total. The molecule has 0 saturated heterocycles. The van der Waals surface area contributed by atoms with E-state index >= 15 is 0 Å². The number of rotatable bonds is 6. The van der Waals surface area contributed by atoms with Crippen molar-refractivity contribution in [3.63, 3.8) is 0 Å². The lowest BCUT2D eigenvalue weighted by Gasteiger charge is -2.26. The first-order valence-corrected chi connectivity index (χ1v) is 19.1. The Morgan fingerprint density at radius 3 is 0.964 bits per heavy atom. The van der Waals surface area contributed by atoms with Crippen molar-refractivity contribution in [3.05, 3.63) is 205 Å². The van der Waals surface area contributed by atoms with Crippen LogP contribution in [0.15, 0.2) is 194 Å². The van der Waals surface area contributed by atoms with Crippen LogP contribution in [-0.4, -0.2) is 0 Å². The molecule has 0 heterocycles. The quantitative estimate of drug-likeness (QED) is 0.133. The Labute approximate surface area is 326 Å². The van der Waals surface area contributed by atoms with Gasteiger partial charge in [0.15, 0.2) is 0 Å². The molecule has 0 fully saturated rings. The van der Waals surface area contributed by atoms with Gasteiger partial charge in [0, 0.05) is 22.5 Å². The molecule has 0 saturated carbocycles. The molecule has 56 heavy (non-hydrogen) atoms. The summed E-state index contributed by atoms with van der Waals surface area (Å²) in [6.45, 7) is 0. The Morgan fingerprint density at radius 2 is 0.607 bits per heavy atom. The average molecular weight is 715 g/mol. The first-order valence-electron chi connectivity index (χ1n) is 19.1. The Bertz CT molecular complexity index is 2970. The molecule has 0 aliphatic rings. The van der Waals surface area contributed by atoms with Crippen molar-refractivity contribution < 1.29 is 0 Å². The van der Waals surface area contributed by atoms with Gasteiger partial charge in [0.2, 0.25) is 0 Å². The fourth-order valence-electron chi connectivity index (χ4n) is 8.32. The maximum Gasteiger partial charge on any atom is 0.0486 e. The van der Waals surface area contributed by atoms with E-state index in [0.29, 0.717) is 0 Å². The highest BCUT2D eigenvalue weighted by molar-refractivity contribution is 6.13. The van der Waals surface area contributed by atoms with Gasteiger partial charge in [-0.05, 0) is 124 Å². The van der Waals surface area contributed by atoms with E-state index in [1.807, 2.05) is 12.1 Å². The zero-order chi connectivity index (χ0) is 37.6. The standard InChI is InChI=1S/C54H38N2/c55-48-28-17-35(18-29-48)19-30-49-50(44-24-20-36-9-1-5-13-40(36)31-44)52(46-26-22-38-11-3-7-15-42(38)33-46)54(56)53(47-27-23-39-12-4-8-16-43(39)34-47)51(49)45-25-21-37-10-2-6-14-41(37)32-45/h1-34H,55-56H2. The fraction of sp³-hybridized carbons (Fsp3) is 0. The molecule has 0 unspecified atom stereocenters. The van der Waals surface area contributed by atoms with E-state index < -0.39 is 0 Å². The number of hydrogen-bond acceptors (Lipinski definition) is 2. The van der Waals surface area contributed by atoms with Gasteiger partial charge in [0.1, 0.15) is 0 Å². The first-order chi connectivity index (χ1) is 27.6. The molecule has 0 spiro atoms. The maximum absolute atomic E-state index is 7.79. The highest BCUT2D eigenvalue weighted by atomic mass is 14.6. The van der Waals surface area contributed by atoms with E-state index in [2.05, 4.69) is 194 Å². The molecule has 0 aromatic heterocycles. The van der Waals surface area contributed by atoms with Gasteiger partial charge in [-0.2, -0.15) is 0 Å². The summed E-state index contributed by atoms with van der Waals surface area (Å²) in [5.41, 5.74) is 26.1. The molecule has 0 bridgehead atoms. The average Bonchev–Trinajstić information content (AvgIpc) is 3.25. The van der Waals surface area contributed by atoms with Crippen LogP contribution in [0.3, 0.4) is 0 Å². The van der Waals surface area contributed by atoms with Crippen LogP contribution < -0.4 is 11.5 Å². The predicted molar refractivity (Wildman–Crippen MR) is 242 cm³/mol. The molecule has 10 aromatic rings. The molecule has 264 valence electrons. The van der Waals surface area contributed by atoms with E-state index in [4.69, 9.17) is 11.5 Å². The summed E-state index contributed by atoms with van der Waals surface area (Å²) in [5.74, 6) is 0. The molecule has 0 aliphatic heterocycles. The van der Waals surface area contributed by atoms with Gasteiger partial charge in [-0.3, -0.25) is 0 Å². The van der Waals surface area contributed by atoms with E-state index in [-0.39, 0.29) is 0 Å². The monoisotopic (exact) mass is 714 g/mol. The second-order valence-electron chi connectivity index (χ2n) is 14.6. The van der Waals surface area contributed by atoms with Gasteiger partial charge < -0.3 is 11.5 Å². The lowest BCUT2D eigenvalue weighted by atomic mass is 9.78. The van der Waals surface area contributed by atoms with E-state index in [9.17, 15) is 0 Å². The van der Waals surface area contributed by atoms with Gasteiger partial charge in [-0.15, -0.1) is 0 Å². The Kier molecular flexibility index (Phi) is 8.16. The fourth-order valence-corrected chi connectivity index (χ4v) is 8.32. The minimum absolute atomic E-state index is 0.737. The maximum atomic E-state index is 7.79. The number of nitrogen functional groups attached to an aromatic ring is 2. The van der Waals surface area contributed by atoms with Crippen molar-refractivity contribution in [1.29, 1.82) is 0 Å². The third-order valence-corrected chi connectivity index (χ3v) is 11.1. The molecule has 2 nitrogen and oxygen atoms in total. The number of nitrogens with two attached hydrogens (primary N) is 2. The van der Waals surface area contributed by atoms with Crippen molar-refractivity contribution in [2.45, 2.75) is 0 Å². The van der Waals surface area contributed by atoms with E-state index in [0.717, 1.165) is 67.0 Å². The van der Waals surface area contributed by atoms with Gasteiger partial charge in [-0.25, -0.2) is 0 Å². The molecule has 0 aliphatic carbocycles. The molecule has 2 heteroatoms. The molecule has 0 amide bonds. The highest BCUT2D eigenvalue weighted by Crippen LogP contribution is 2.52. The number of fused-ring (bicyclic) bond motifs is 4. The number of hydrogen-bond donors (Lipinski definition) is 2. The zero-order valence-electron chi connectivity index (χ0n) is 30.8. The molecular formula is C54H38N2. The van der Waals surface area contributed by atoms with Crippen LogP contribution in [0, 0.1) is 0 Å². The molecule has 10 aromatic carbocycles. The summed E-state index contributed by atoms with van der Waals surface area (Å²) in [6.07, 6.45) is 4.49. The summed E-state index contributed by atoms with van der Waals surface area (Å²) < 4.78 is 0. The van der Waals surface area contributed by atoms with E-state index in [1.165, 1.54) is 43.1 Å². The predicted octanol–water partition coefficient (Wildman–Crippen LogP) is 14.3. The van der Waals surface area contributed by atoms with Crippen LogP contribution >= 0.6 is 0 Å². The van der Waals surface area contributed by atoms with Crippen LogP contribution in [0.25, 0.3) is 99.7 Å². The minimum atomic E-state index is 0.737. The molecule has 0 radical (unpaired) electrons. The van der Waals surface area contributed by atoms with Crippen molar-refractivity contribution >= 4 is 66.6 Å². The zero-order valence-corrected chi connectivity index (χ0v) is 30.8. The molecule has 10 rings (SSSR count). The topological polar surface area (TPSA) is 52.0 Å². The lowest BCUT2D eigenvalue weighted by molar-refractivity contribution is 1.54. The summed E-state index contributed by atoms with van der Waals surface area (Å²) in [6, 6.07) is 69.3. The van der Waals surface area contributed by atoms with Gasteiger partial charge in [-0.1, -0.05) is 170 Å². The van der Waals surface area contributed by atoms with Crippen molar-refractivity contribution in [3.8, 4) is 44.5 Å². The lowest BCUT2D eigenvalue weighted by Crippen LogP contribution is -2.04. The van der Waals surface area contributed by atoms with Crippen LogP contribution in [-0.2, 0) is 0 Å². The largest absolute Gasteiger partial charge is 0.399 e. The van der Waals surface area contributed by atoms with Gasteiger partial charge >= 0.3 is 0 Å². The highest BCUT2D eigenvalue weighted by Gasteiger charge is 2.26. The summed E-state index contributed by atoms with van der Waals surface area (Å²) in [7, 11) is 0. The molecular weight excluding hydrogens is 677 g/mol. The second-order valence-corrected chi connectivity index (χ2v) is 14.6. The third-order valence-electron chi connectivity index (χ3n) is 11.1. The Hall–Kier alpha value is -7.42. The SMILES string of the molecule is Nc1ccc(C=Cc2c(-c3ccc4ccccc4c3)c(-c3ccc4ccccc4c3)c(N)c(-c3ccc4ccccc4c3)c2-c2ccc3ccccc3c2)cc1. The summed E-state index contributed by atoms with van der Waals surface area (Å²) in [5, 5.41) is 9.44. The summed E-state index contributed by atoms with van der Waals surface area (Å²) >= 11 is 0. The number of benzene rings is 10. The molecule has 0 atom stereocenters. The van der Waals surface area contributed by atoms with Crippen LogP contribution in [0.4, 0.5) is 11.4 Å². The van der Waals surface area contributed by atoms with Crippen molar-refractivity contribution in [2.75, 3.05) is 11.5 Å². The van der Waals surface area contributed by atoms with Crippen LogP contribution in [0.5, 0.6) is 0 Å². The Morgan fingerprint density at radius 1 is 0.286 bits per heavy atom. The number of anilines is 2. The minimum Gasteiger partial charge on any atom is -0.399 e. The first kappa shape index (κ1) is 33.2. The summed E-state index contributed by atoms with van der Waals surface area (Å²) in [4.78, 5) is 0. The second kappa shape index (κ2) is 13.8. The van der Waals surface area contributed by atoms with Crippen molar-refractivity contribution in [2.24, 2.45) is 0 Å². The normalized spacial score (nSPS) is 11.6. The smallest absolute Gasteiger partial charge is 0.0486 e. The van der Waals surface area contributed by atoms with Gasteiger partial charge in [0.05, 0.1) is 0 Å². The Balaban J connectivity index is 1.40.